The van der Waals surface area contributed by atoms with Crippen molar-refractivity contribution in [1.82, 2.24) is 4.31 Å². The number of nitrogens with zero attached hydrogens (tertiary/aromatic N) is 1. The molecule has 0 radical (unpaired) electrons. The maximum Gasteiger partial charge on any atom is 0.264 e. The fraction of sp³-hybridized carbons (Fsp3) is 0.444. The van der Waals surface area contributed by atoms with Crippen LogP contribution in [-0.2, 0) is 10.0 Å². The van der Waals surface area contributed by atoms with Crippen LogP contribution >= 0.6 is 0 Å². The monoisotopic (exact) mass is 319 g/mol. The molecule has 0 saturated carbocycles. The minimum absolute atomic E-state index is 0.351. The second-order valence-electron chi connectivity index (χ2n) is 6.02. The quantitative estimate of drug-likeness (QED) is 0.788. The van der Waals surface area contributed by atoms with E-state index in [9.17, 15) is 8.42 Å². The number of allylic oxidation sites excluding steroid dienone is 3. The predicted molar refractivity (Wildman–Crippen MR) is 90.8 cm³/mol. The van der Waals surface area contributed by atoms with Crippen LogP contribution in [0.15, 0.2) is 59.2 Å². The van der Waals surface area contributed by atoms with E-state index in [0.717, 1.165) is 18.5 Å². The highest BCUT2D eigenvalue weighted by Gasteiger charge is 2.26. The van der Waals surface area contributed by atoms with Gasteiger partial charge in [0.2, 0.25) is 0 Å². The molecule has 0 aromatic heterocycles. The molecule has 0 aliphatic heterocycles. The molecule has 1 unspecified atom stereocenters. The van der Waals surface area contributed by atoms with E-state index in [-0.39, 0.29) is 0 Å². The van der Waals surface area contributed by atoms with Crippen molar-refractivity contribution in [3.05, 3.63) is 54.3 Å². The molecule has 0 fully saturated rings. The molecule has 0 amide bonds. The fourth-order valence-corrected chi connectivity index (χ4v) is 4.21. The average molecular weight is 319 g/mol. The lowest BCUT2D eigenvalue weighted by atomic mass is 9.89. The van der Waals surface area contributed by atoms with E-state index in [4.69, 9.17) is 0 Å². The number of rotatable bonds is 6. The minimum Gasteiger partial charge on any atom is -0.267 e. The van der Waals surface area contributed by atoms with Gasteiger partial charge >= 0.3 is 0 Å². The van der Waals surface area contributed by atoms with Crippen LogP contribution in [0.1, 0.15) is 33.6 Å². The van der Waals surface area contributed by atoms with Gasteiger partial charge in [-0.1, -0.05) is 51.1 Å². The van der Waals surface area contributed by atoms with Gasteiger partial charge in [0.05, 0.1) is 4.90 Å². The number of hydrogen-bond donors (Lipinski definition) is 0. The van der Waals surface area contributed by atoms with Crippen molar-refractivity contribution in [3.8, 4) is 0 Å². The third-order valence-electron chi connectivity index (χ3n) is 4.02. The van der Waals surface area contributed by atoms with Crippen molar-refractivity contribution < 1.29 is 8.42 Å². The molecule has 1 aliphatic rings. The van der Waals surface area contributed by atoms with E-state index in [0.29, 0.717) is 23.3 Å². The minimum atomic E-state index is -3.49. The lowest BCUT2D eigenvalue weighted by Crippen LogP contribution is -2.31. The maximum absolute atomic E-state index is 12.9. The van der Waals surface area contributed by atoms with Crippen LogP contribution in [0.25, 0.3) is 0 Å². The van der Waals surface area contributed by atoms with Crippen LogP contribution in [0.2, 0.25) is 0 Å². The number of benzene rings is 1. The first kappa shape index (κ1) is 16.8. The molecule has 22 heavy (non-hydrogen) atoms. The first-order valence-electron chi connectivity index (χ1n) is 7.93. The van der Waals surface area contributed by atoms with Crippen LogP contribution in [-0.4, -0.2) is 19.3 Å². The summed E-state index contributed by atoms with van der Waals surface area (Å²) in [6.07, 6.45) is 7.84. The smallest absolute Gasteiger partial charge is 0.264 e. The highest BCUT2D eigenvalue weighted by atomic mass is 32.2. The summed E-state index contributed by atoms with van der Waals surface area (Å²) in [5.74, 6) is 1.06. The normalized spacial score (nSPS) is 18.4. The molecule has 0 bridgehead atoms. The molecule has 1 aromatic carbocycles. The molecule has 1 aliphatic carbocycles. The van der Waals surface area contributed by atoms with E-state index in [1.54, 1.807) is 24.3 Å². The largest absolute Gasteiger partial charge is 0.267 e. The molecular weight excluding hydrogens is 294 g/mol. The van der Waals surface area contributed by atoms with E-state index < -0.39 is 10.0 Å². The van der Waals surface area contributed by atoms with E-state index >= 15 is 0 Å². The summed E-state index contributed by atoms with van der Waals surface area (Å²) >= 11 is 0. The average Bonchev–Trinajstić information content (AvgIpc) is 2.53. The summed E-state index contributed by atoms with van der Waals surface area (Å²) < 4.78 is 27.3. The lowest BCUT2D eigenvalue weighted by Gasteiger charge is -2.28. The Bertz CT molecular complexity index is 645. The zero-order chi connectivity index (χ0) is 16.2. The van der Waals surface area contributed by atoms with Crippen LogP contribution in [0.3, 0.4) is 0 Å². The van der Waals surface area contributed by atoms with Crippen molar-refractivity contribution >= 4 is 10.0 Å². The Morgan fingerprint density at radius 3 is 2.41 bits per heavy atom. The zero-order valence-electron chi connectivity index (χ0n) is 13.6. The Morgan fingerprint density at radius 1 is 1.23 bits per heavy atom. The standard InChI is InChI=1S/C18H25NO2S/c1-4-14-19(17-12-10-16(11-13-17)15(2)3)22(20,21)18-8-6-5-7-9-18/h5-10,12-13,15-16H,4,11,14H2,1-3H3. The number of sulfonamides is 1. The van der Waals surface area contributed by atoms with Gasteiger partial charge in [0, 0.05) is 12.2 Å². The topological polar surface area (TPSA) is 37.4 Å². The molecule has 1 aromatic rings. The fourth-order valence-electron chi connectivity index (χ4n) is 2.62. The summed E-state index contributed by atoms with van der Waals surface area (Å²) in [6.45, 7) is 6.88. The Labute approximate surface area is 134 Å². The summed E-state index contributed by atoms with van der Waals surface area (Å²) in [4.78, 5) is 0.351. The van der Waals surface area contributed by atoms with E-state index in [1.165, 1.54) is 4.31 Å². The molecule has 0 spiro atoms. The van der Waals surface area contributed by atoms with E-state index in [2.05, 4.69) is 26.0 Å². The molecule has 3 nitrogen and oxygen atoms in total. The molecule has 2 rings (SSSR count). The van der Waals surface area contributed by atoms with Crippen molar-refractivity contribution in [2.45, 2.75) is 38.5 Å². The van der Waals surface area contributed by atoms with Gasteiger partial charge in [-0.05, 0) is 42.9 Å². The highest BCUT2D eigenvalue weighted by Crippen LogP contribution is 2.28. The van der Waals surface area contributed by atoms with Gasteiger partial charge in [0.15, 0.2) is 0 Å². The highest BCUT2D eigenvalue weighted by molar-refractivity contribution is 7.89. The molecule has 0 heterocycles. The summed E-state index contributed by atoms with van der Waals surface area (Å²) in [5.41, 5.74) is 0.794. The molecule has 120 valence electrons. The molecule has 0 N–H and O–H groups in total. The second kappa shape index (κ2) is 7.14. The summed E-state index contributed by atoms with van der Waals surface area (Å²) in [7, 11) is -3.49. The lowest BCUT2D eigenvalue weighted by molar-refractivity contribution is 0.445. The molecular formula is C18H25NO2S. The van der Waals surface area contributed by atoms with Gasteiger partial charge in [-0.2, -0.15) is 0 Å². The summed E-state index contributed by atoms with van der Waals surface area (Å²) in [5, 5.41) is 0. The number of hydrogen-bond acceptors (Lipinski definition) is 2. The third-order valence-corrected chi connectivity index (χ3v) is 5.86. The van der Waals surface area contributed by atoms with Crippen molar-refractivity contribution in [1.29, 1.82) is 0 Å². The maximum atomic E-state index is 12.9. The molecule has 1 atom stereocenters. The second-order valence-corrected chi connectivity index (χ2v) is 7.88. The SMILES string of the molecule is CCCN(C1=CCC(C(C)C)C=C1)S(=O)(=O)c1ccccc1. The van der Waals surface area contributed by atoms with Crippen molar-refractivity contribution in [2.24, 2.45) is 11.8 Å². The first-order chi connectivity index (χ1) is 10.5. The van der Waals surface area contributed by atoms with Gasteiger partial charge in [-0.15, -0.1) is 0 Å². The Balaban J connectivity index is 2.30. The zero-order valence-corrected chi connectivity index (χ0v) is 14.4. The van der Waals surface area contributed by atoms with Crippen LogP contribution in [0.4, 0.5) is 0 Å². The van der Waals surface area contributed by atoms with Crippen LogP contribution < -0.4 is 0 Å². The van der Waals surface area contributed by atoms with Crippen molar-refractivity contribution in [2.75, 3.05) is 6.54 Å². The van der Waals surface area contributed by atoms with Gasteiger partial charge in [-0.3, -0.25) is 4.31 Å². The van der Waals surface area contributed by atoms with Gasteiger partial charge in [-0.25, -0.2) is 8.42 Å². The van der Waals surface area contributed by atoms with Crippen LogP contribution in [0.5, 0.6) is 0 Å². The first-order valence-corrected chi connectivity index (χ1v) is 9.37. The van der Waals surface area contributed by atoms with Crippen LogP contribution in [0, 0.1) is 11.8 Å². The van der Waals surface area contributed by atoms with Crippen molar-refractivity contribution in [3.63, 3.8) is 0 Å². The van der Waals surface area contributed by atoms with Gasteiger partial charge < -0.3 is 0 Å². The molecule has 4 heteroatoms. The van der Waals surface area contributed by atoms with Gasteiger partial charge in [0.25, 0.3) is 10.0 Å². The van der Waals surface area contributed by atoms with E-state index in [1.807, 2.05) is 19.1 Å². The Hall–Kier alpha value is -1.55. The Morgan fingerprint density at radius 2 is 1.91 bits per heavy atom. The Kier molecular flexibility index (Phi) is 5.46. The van der Waals surface area contributed by atoms with Gasteiger partial charge in [0.1, 0.15) is 0 Å². The predicted octanol–water partition coefficient (Wildman–Crippen LogP) is 4.20. The third kappa shape index (κ3) is 3.61. The summed E-state index contributed by atoms with van der Waals surface area (Å²) in [6, 6.07) is 8.66. The molecule has 0 saturated heterocycles.